The van der Waals surface area contributed by atoms with E-state index in [-0.39, 0.29) is 0 Å². The standard InChI is InChI=1S/C11H21NO2/c1-5-6-7-8-10(12(3)4)9(2)11(13)14/h5-8H2,1-4H3,(H,13,14). The third kappa shape index (κ3) is 4.30. The molecule has 82 valence electrons. The van der Waals surface area contributed by atoms with Crippen LogP contribution in [0, 0.1) is 0 Å². The summed E-state index contributed by atoms with van der Waals surface area (Å²) in [6.45, 7) is 3.81. The third-order valence-corrected chi connectivity index (χ3v) is 2.31. The molecule has 0 saturated heterocycles. The average molecular weight is 199 g/mol. The molecule has 0 aliphatic carbocycles. The maximum absolute atomic E-state index is 10.8. The van der Waals surface area contributed by atoms with E-state index in [0.717, 1.165) is 31.4 Å². The number of aliphatic carboxylic acids is 1. The van der Waals surface area contributed by atoms with Crippen LogP contribution in [0.2, 0.25) is 0 Å². The molecule has 14 heavy (non-hydrogen) atoms. The number of hydrogen-bond donors (Lipinski definition) is 1. The van der Waals surface area contributed by atoms with Crippen LogP contribution in [0.1, 0.15) is 39.5 Å². The van der Waals surface area contributed by atoms with Gasteiger partial charge in [-0.1, -0.05) is 19.8 Å². The van der Waals surface area contributed by atoms with Gasteiger partial charge in [-0.25, -0.2) is 4.79 Å². The first kappa shape index (κ1) is 13.0. The van der Waals surface area contributed by atoms with Gasteiger partial charge in [-0.2, -0.15) is 0 Å². The maximum Gasteiger partial charge on any atom is 0.333 e. The van der Waals surface area contributed by atoms with Crippen molar-refractivity contribution in [2.24, 2.45) is 0 Å². The van der Waals surface area contributed by atoms with Crippen LogP contribution in [0.15, 0.2) is 11.3 Å². The lowest BCUT2D eigenvalue weighted by atomic mass is 10.1. The summed E-state index contributed by atoms with van der Waals surface area (Å²) in [6, 6.07) is 0. The predicted octanol–water partition coefficient (Wildman–Crippen LogP) is 2.49. The topological polar surface area (TPSA) is 40.5 Å². The number of hydrogen-bond acceptors (Lipinski definition) is 2. The molecule has 0 spiro atoms. The highest BCUT2D eigenvalue weighted by Gasteiger charge is 2.10. The highest BCUT2D eigenvalue weighted by atomic mass is 16.4. The minimum absolute atomic E-state index is 0.464. The normalized spacial score (nSPS) is 12.3. The van der Waals surface area contributed by atoms with E-state index in [4.69, 9.17) is 5.11 Å². The Hall–Kier alpha value is -0.990. The number of allylic oxidation sites excluding steroid dienone is 1. The number of carboxylic acid groups (broad SMARTS) is 1. The molecule has 0 aromatic heterocycles. The van der Waals surface area contributed by atoms with E-state index in [1.807, 2.05) is 19.0 Å². The SMILES string of the molecule is CCCCCC(=C(C)C(=O)O)N(C)C. The van der Waals surface area contributed by atoms with Gasteiger partial charge in [0.25, 0.3) is 0 Å². The fourth-order valence-corrected chi connectivity index (χ4v) is 1.41. The van der Waals surface area contributed by atoms with Crippen LogP contribution < -0.4 is 0 Å². The second kappa shape index (κ2) is 6.46. The van der Waals surface area contributed by atoms with Crippen molar-refractivity contribution in [1.82, 2.24) is 4.90 Å². The van der Waals surface area contributed by atoms with Crippen LogP contribution in [0.5, 0.6) is 0 Å². The van der Waals surface area contributed by atoms with Crippen LogP contribution in [0.4, 0.5) is 0 Å². The minimum atomic E-state index is -0.815. The molecule has 3 nitrogen and oxygen atoms in total. The number of carbonyl (C=O) groups is 1. The van der Waals surface area contributed by atoms with Crippen LogP contribution in [0.25, 0.3) is 0 Å². The van der Waals surface area contributed by atoms with E-state index < -0.39 is 5.97 Å². The molecule has 0 aliphatic rings. The Morgan fingerprint density at radius 1 is 1.29 bits per heavy atom. The summed E-state index contributed by atoms with van der Waals surface area (Å²) >= 11 is 0. The molecule has 0 aromatic rings. The molecule has 0 atom stereocenters. The fourth-order valence-electron chi connectivity index (χ4n) is 1.41. The molecule has 0 saturated carbocycles. The van der Waals surface area contributed by atoms with Gasteiger partial charge in [0.15, 0.2) is 0 Å². The van der Waals surface area contributed by atoms with E-state index in [1.165, 1.54) is 0 Å². The van der Waals surface area contributed by atoms with E-state index >= 15 is 0 Å². The van der Waals surface area contributed by atoms with Gasteiger partial charge in [0, 0.05) is 19.8 Å². The Bertz CT molecular complexity index is 219. The Labute approximate surface area is 86.4 Å². The number of rotatable bonds is 6. The number of nitrogens with zero attached hydrogens (tertiary/aromatic N) is 1. The van der Waals surface area contributed by atoms with Crippen molar-refractivity contribution in [3.8, 4) is 0 Å². The summed E-state index contributed by atoms with van der Waals surface area (Å²) in [7, 11) is 3.79. The predicted molar refractivity (Wildman–Crippen MR) is 58.2 cm³/mol. The van der Waals surface area contributed by atoms with Gasteiger partial charge >= 0.3 is 5.97 Å². The summed E-state index contributed by atoms with van der Waals surface area (Å²) in [6.07, 6.45) is 4.24. The summed E-state index contributed by atoms with van der Waals surface area (Å²) in [5.74, 6) is -0.815. The van der Waals surface area contributed by atoms with E-state index in [2.05, 4.69) is 6.92 Å². The Balaban J connectivity index is 4.44. The number of unbranched alkanes of at least 4 members (excludes halogenated alkanes) is 2. The molecule has 0 amide bonds. The van der Waals surface area contributed by atoms with Crippen molar-refractivity contribution in [2.75, 3.05) is 14.1 Å². The molecule has 0 aliphatic heterocycles. The lowest BCUT2D eigenvalue weighted by molar-refractivity contribution is -0.132. The first-order valence-electron chi connectivity index (χ1n) is 5.11. The lowest BCUT2D eigenvalue weighted by Gasteiger charge is -2.19. The first-order valence-corrected chi connectivity index (χ1v) is 5.11. The smallest absolute Gasteiger partial charge is 0.333 e. The minimum Gasteiger partial charge on any atom is -0.478 e. The van der Waals surface area contributed by atoms with Crippen LogP contribution in [-0.2, 0) is 4.79 Å². The lowest BCUT2D eigenvalue weighted by Crippen LogP contribution is -2.16. The Morgan fingerprint density at radius 2 is 1.86 bits per heavy atom. The van der Waals surface area contributed by atoms with Crippen molar-refractivity contribution in [3.63, 3.8) is 0 Å². The van der Waals surface area contributed by atoms with Gasteiger partial charge in [0.1, 0.15) is 0 Å². The van der Waals surface area contributed by atoms with Gasteiger partial charge in [-0.05, 0) is 19.8 Å². The molecule has 0 radical (unpaired) electrons. The Kier molecular flexibility index (Phi) is 6.00. The van der Waals surface area contributed by atoms with Crippen LogP contribution >= 0.6 is 0 Å². The molecule has 0 bridgehead atoms. The van der Waals surface area contributed by atoms with Gasteiger partial charge in [0.05, 0.1) is 5.57 Å². The first-order chi connectivity index (χ1) is 6.50. The largest absolute Gasteiger partial charge is 0.478 e. The quantitative estimate of drug-likeness (QED) is 0.528. The van der Waals surface area contributed by atoms with Gasteiger partial charge in [-0.15, -0.1) is 0 Å². The third-order valence-electron chi connectivity index (χ3n) is 2.31. The van der Waals surface area contributed by atoms with Crippen molar-refractivity contribution >= 4 is 5.97 Å². The highest BCUT2D eigenvalue weighted by molar-refractivity contribution is 5.86. The molecule has 0 rings (SSSR count). The molecule has 3 heteroatoms. The van der Waals surface area contributed by atoms with E-state index in [1.54, 1.807) is 6.92 Å². The molecular weight excluding hydrogens is 178 g/mol. The summed E-state index contributed by atoms with van der Waals surface area (Å²) in [5, 5.41) is 8.87. The zero-order valence-corrected chi connectivity index (χ0v) is 9.63. The van der Waals surface area contributed by atoms with Crippen molar-refractivity contribution in [1.29, 1.82) is 0 Å². The molecule has 0 aromatic carbocycles. The van der Waals surface area contributed by atoms with Crippen LogP contribution in [-0.4, -0.2) is 30.1 Å². The van der Waals surface area contributed by atoms with Gasteiger partial charge in [0.2, 0.25) is 0 Å². The second-order valence-electron chi connectivity index (χ2n) is 3.73. The molecule has 0 fully saturated rings. The van der Waals surface area contributed by atoms with E-state index in [9.17, 15) is 4.79 Å². The molecular formula is C11H21NO2. The summed E-state index contributed by atoms with van der Waals surface area (Å²) in [4.78, 5) is 12.7. The van der Waals surface area contributed by atoms with Gasteiger partial charge < -0.3 is 10.0 Å². The van der Waals surface area contributed by atoms with E-state index in [0.29, 0.717) is 5.57 Å². The van der Waals surface area contributed by atoms with Gasteiger partial charge in [-0.3, -0.25) is 0 Å². The molecule has 0 unspecified atom stereocenters. The Morgan fingerprint density at radius 3 is 2.21 bits per heavy atom. The van der Waals surface area contributed by atoms with Crippen LogP contribution in [0.3, 0.4) is 0 Å². The summed E-state index contributed by atoms with van der Waals surface area (Å²) in [5.41, 5.74) is 1.40. The fraction of sp³-hybridized carbons (Fsp3) is 0.727. The highest BCUT2D eigenvalue weighted by Crippen LogP contribution is 2.15. The maximum atomic E-state index is 10.8. The zero-order valence-electron chi connectivity index (χ0n) is 9.63. The van der Waals surface area contributed by atoms with Crippen molar-refractivity contribution in [2.45, 2.75) is 39.5 Å². The summed E-state index contributed by atoms with van der Waals surface area (Å²) < 4.78 is 0. The zero-order chi connectivity index (χ0) is 11.1. The second-order valence-corrected chi connectivity index (χ2v) is 3.73. The van der Waals surface area contributed by atoms with Crippen molar-refractivity contribution < 1.29 is 9.90 Å². The average Bonchev–Trinajstić information content (AvgIpc) is 2.10. The monoisotopic (exact) mass is 199 g/mol. The molecule has 0 heterocycles. The number of carboxylic acids is 1. The van der Waals surface area contributed by atoms with Crippen molar-refractivity contribution in [3.05, 3.63) is 11.3 Å². The molecule has 1 N–H and O–H groups in total.